The molecule has 0 spiro atoms. The van der Waals surface area contributed by atoms with Gasteiger partial charge >= 0.3 is 12.0 Å². The predicted molar refractivity (Wildman–Crippen MR) is 106 cm³/mol. The number of carbonyl (C=O) groups excluding carboxylic acids is 3. The number of nitro benzene ring substituents is 1. The van der Waals surface area contributed by atoms with Gasteiger partial charge in [-0.15, -0.1) is 17.9 Å². The van der Waals surface area contributed by atoms with Crippen LogP contribution >= 0.6 is 23.1 Å². The highest BCUT2D eigenvalue weighted by atomic mass is 32.2. The maximum absolute atomic E-state index is 12.1. The molecule has 29 heavy (non-hydrogen) atoms. The van der Waals surface area contributed by atoms with Crippen LogP contribution in [0.1, 0.15) is 16.1 Å². The molecule has 0 aliphatic heterocycles. The number of nitrogens with zero attached hydrogens (tertiary/aromatic N) is 2. The maximum Gasteiger partial charge on any atom is 0.338 e. The number of hydrogen-bond acceptors (Lipinski definition) is 9. The molecule has 0 radical (unpaired) electrons. The molecule has 1 aromatic carbocycles. The molecule has 2 N–H and O–H groups in total. The zero-order chi connectivity index (χ0) is 21.4. The third-order valence-corrected chi connectivity index (χ3v) is 5.30. The average molecular weight is 436 g/mol. The van der Waals surface area contributed by atoms with Crippen LogP contribution in [0.3, 0.4) is 0 Å². The number of amides is 3. The van der Waals surface area contributed by atoms with Crippen molar-refractivity contribution in [3.8, 4) is 0 Å². The van der Waals surface area contributed by atoms with Crippen LogP contribution in [0.25, 0.3) is 0 Å². The Morgan fingerprint density at radius 2 is 2.17 bits per heavy atom. The molecule has 0 atom stereocenters. The van der Waals surface area contributed by atoms with Gasteiger partial charge in [0.05, 0.1) is 15.4 Å². The van der Waals surface area contributed by atoms with E-state index in [4.69, 9.17) is 4.74 Å². The smallest absolute Gasteiger partial charge is 0.338 e. The van der Waals surface area contributed by atoms with E-state index in [2.05, 4.69) is 16.9 Å². The topological polar surface area (TPSA) is 141 Å². The number of nitrogens with one attached hydrogen (secondary N) is 2. The number of thiazole rings is 1. The van der Waals surface area contributed by atoms with Crippen LogP contribution in [0.4, 0.5) is 10.5 Å². The highest BCUT2D eigenvalue weighted by molar-refractivity contribution is 8.01. The molecule has 0 aliphatic rings. The number of nitro groups is 1. The summed E-state index contributed by atoms with van der Waals surface area (Å²) >= 11 is 2.46. The number of ether oxygens (including phenoxy) is 1. The lowest BCUT2D eigenvalue weighted by Gasteiger charge is -2.07. The summed E-state index contributed by atoms with van der Waals surface area (Å²) in [5, 5.41) is 17.5. The van der Waals surface area contributed by atoms with E-state index in [1.54, 1.807) is 0 Å². The number of imide groups is 1. The Kier molecular flexibility index (Phi) is 7.86. The summed E-state index contributed by atoms with van der Waals surface area (Å²) in [6, 6.07) is 3.08. The SMILES string of the molecule is C=CCNC(=O)NC(=O)COC(=O)c1ccc(Sc2nc(C)cs2)c([N+](=O)[O-])c1. The minimum atomic E-state index is -0.934. The Bertz CT molecular complexity index is 959. The van der Waals surface area contributed by atoms with Gasteiger partial charge in [-0.1, -0.05) is 17.8 Å². The fourth-order valence-electron chi connectivity index (χ4n) is 1.93. The molecule has 12 heteroatoms. The van der Waals surface area contributed by atoms with E-state index in [-0.39, 0.29) is 17.8 Å². The molecular weight excluding hydrogens is 420 g/mol. The van der Waals surface area contributed by atoms with Crippen molar-refractivity contribution < 1.29 is 24.0 Å². The Balaban J connectivity index is 2.02. The number of aromatic nitrogens is 1. The number of hydrogen-bond donors (Lipinski definition) is 2. The van der Waals surface area contributed by atoms with E-state index < -0.39 is 29.4 Å². The van der Waals surface area contributed by atoms with Crippen molar-refractivity contribution in [2.24, 2.45) is 0 Å². The first-order valence-corrected chi connectivity index (χ1v) is 9.74. The summed E-state index contributed by atoms with van der Waals surface area (Å²) < 4.78 is 5.43. The molecular formula is C17H16N4O6S2. The molecule has 0 saturated heterocycles. The van der Waals surface area contributed by atoms with Gasteiger partial charge in [0, 0.05) is 23.7 Å². The van der Waals surface area contributed by atoms with Gasteiger partial charge in [-0.2, -0.15) is 0 Å². The van der Waals surface area contributed by atoms with Gasteiger partial charge in [-0.05, 0) is 19.1 Å². The number of urea groups is 1. The van der Waals surface area contributed by atoms with Gasteiger partial charge in [-0.25, -0.2) is 14.6 Å². The monoisotopic (exact) mass is 436 g/mol. The van der Waals surface area contributed by atoms with Crippen LogP contribution < -0.4 is 10.6 Å². The summed E-state index contributed by atoms with van der Waals surface area (Å²) in [6.07, 6.45) is 1.43. The fourth-order valence-corrected chi connectivity index (χ4v) is 3.81. The Labute approximate surface area is 173 Å². The molecule has 0 unspecified atom stereocenters. The van der Waals surface area contributed by atoms with Gasteiger partial charge in [0.15, 0.2) is 10.9 Å². The second-order valence-corrected chi connectivity index (χ2v) is 7.57. The predicted octanol–water partition coefficient (Wildman–Crippen LogP) is 2.68. The molecule has 2 aromatic rings. The van der Waals surface area contributed by atoms with E-state index in [1.807, 2.05) is 17.6 Å². The van der Waals surface area contributed by atoms with E-state index in [1.165, 1.54) is 29.5 Å². The summed E-state index contributed by atoms with van der Waals surface area (Å²) in [5.74, 6) is -1.78. The zero-order valence-electron chi connectivity index (χ0n) is 15.2. The molecule has 1 aromatic heterocycles. The largest absolute Gasteiger partial charge is 0.452 e. The third-order valence-electron chi connectivity index (χ3n) is 3.18. The molecule has 152 valence electrons. The van der Waals surface area contributed by atoms with E-state index in [0.717, 1.165) is 23.5 Å². The van der Waals surface area contributed by atoms with Crippen molar-refractivity contribution in [2.45, 2.75) is 16.2 Å². The first kappa shape index (κ1) is 22.0. The number of rotatable bonds is 8. The van der Waals surface area contributed by atoms with E-state index in [0.29, 0.717) is 9.24 Å². The van der Waals surface area contributed by atoms with Crippen molar-refractivity contribution in [1.82, 2.24) is 15.6 Å². The number of carbonyl (C=O) groups is 3. The molecule has 2 rings (SSSR count). The maximum atomic E-state index is 12.1. The van der Waals surface area contributed by atoms with Crippen LogP contribution in [0.15, 0.2) is 45.5 Å². The third kappa shape index (κ3) is 6.69. The molecule has 0 aliphatic carbocycles. The number of aryl methyl sites for hydroxylation is 1. The highest BCUT2D eigenvalue weighted by Crippen LogP contribution is 2.36. The highest BCUT2D eigenvalue weighted by Gasteiger charge is 2.21. The van der Waals surface area contributed by atoms with Gasteiger partial charge in [0.2, 0.25) is 0 Å². The lowest BCUT2D eigenvalue weighted by molar-refractivity contribution is -0.387. The molecule has 0 saturated carbocycles. The van der Waals surface area contributed by atoms with Crippen molar-refractivity contribution in [3.05, 3.63) is 57.6 Å². The van der Waals surface area contributed by atoms with Crippen LogP contribution in [0.5, 0.6) is 0 Å². The Hall–Kier alpha value is -3.25. The minimum absolute atomic E-state index is 0.0970. The van der Waals surface area contributed by atoms with E-state index in [9.17, 15) is 24.5 Å². The van der Waals surface area contributed by atoms with Gasteiger partial charge in [0.25, 0.3) is 11.6 Å². The second-order valence-electron chi connectivity index (χ2n) is 5.42. The van der Waals surface area contributed by atoms with Crippen molar-refractivity contribution in [3.63, 3.8) is 0 Å². The van der Waals surface area contributed by atoms with E-state index >= 15 is 0 Å². The fraction of sp³-hybridized carbons (Fsp3) is 0.176. The summed E-state index contributed by atoms with van der Waals surface area (Å²) in [4.78, 5) is 50.3. The second kappa shape index (κ2) is 10.3. The van der Waals surface area contributed by atoms with Crippen LogP contribution in [0, 0.1) is 17.0 Å². The lowest BCUT2D eigenvalue weighted by atomic mass is 10.2. The lowest BCUT2D eigenvalue weighted by Crippen LogP contribution is -2.41. The van der Waals surface area contributed by atoms with Gasteiger partial charge in [-0.3, -0.25) is 20.2 Å². The number of benzene rings is 1. The van der Waals surface area contributed by atoms with Gasteiger partial charge < -0.3 is 10.1 Å². The Morgan fingerprint density at radius 3 is 2.79 bits per heavy atom. The first-order valence-electron chi connectivity index (χ1n) is 8.04. The van der Waals surface area contributed by atoms with Crippen LogP contribution in [0.2, 0.25) is 0 Å². The molecule has 3 amide bonds. The van der Waals surface area contributed by atoms with Crippen molar-refractivity contribution >= 4 is 46.7 Å². The Morgan fingerprint density at radius 1 is 1.41 bits per heavy atom. The van der Waals surface area contributed by atoms with Gasteiger partial charge in [0.1, 0.15) is 0 Å². The normalized spacial score (nSPS) is 10.1. The standard InChI is InChI=1S/C17H16N4O6S2/c1-3-6-18-16(24)20-14(22)8-27-15(23)11-4-5-13(12(7-11)21(25)26)29-17-19-10(2)9-28-17/h3-5,7,9H,1,6,8H2,2H3,(H2,18,20,22,24). The quantitative estimate of drug-likeness (QED) is 0.278. The molecule has 1 heterocycles. The zero-order valence-corrected chi connectivity index (χ0v) is 16.8. The first-order chi connectivity index (χ1) is 13.8. The molecule has 0 bridgehead atoms. The summed E-state index contributed by atoms with van der Waals surface area (Å²) in [5.41, 5.74) is 0.419. The summed E-state index contributed by atoms with van der Waals surface area (Å²) in [7, 11) is 0. The van der Waals surface area contributed by atoms with Crippen LogP contribution in [-0.4, -0.2) is 41.0 Å². The number of esters is 1. The minimum Gasteiger partial charge on any atom is -0.452 e. The van der Waals surface area contributed by atoms with Crippen molar-refractivity contribution in [1.29, 1.82) is 0 Å². The molecule has 10 nitrogen and oxygen atoms in total. The van der Waals surface area contributed by atoms with Crippen molar-refractivity contribution in [2.75, 3.05) is 13.2 Å². The summed E-state index contributed by atoms with van der Waals surface area (Å²) in [6.45, 7) is 4.66. The average Bonchev–Trinajstić information content (AvgIpc) is 3.09. The molecule has 0 fully saturated rings. The van der Waals surface area contributed by atoms with Crippen LogP contribution in [-0.2, 0) is 9.53 Å².